The molecule has 0 aliphatic heterocycles. The van der Waals surface area contributed by atoms with Gasteiger partial charge in [-0.2, -0.15) is 0 Å². The second kappa shape index (κ2) is 7.87. The van der Waals surface area contributed by atoms with Crippen molar-refractivity contribution in [3.63, 3.8) is 0 Å². The van der Waals surface area contributed by atoms with Gasteiger partial charge in [0.05, 0.1) is 6.61 Å². The molecule has 0 aliphatic carbocycles. The number of ether oxygens (including phenoxy) is 1. The van der Waals surface area contributed by atoms with Crippen LogP contribution in [0.5, 0.6) is 5.88 Å². The predicted octanol–water partition coefficient (Wildman–Crippen LogP) is 1.70. The molecule has 0 amide bonds. The highest BCUT2D eigenvalue weighted by molar-refractivity contribution is 5.39. The van der Waals surface area contributed by atoms with Crippen molar-refractivity contribution in [2.24, 2.45) is 0 Å². The number of anilines is 1. The first-order chi connectivity index (χ1) is 8.63. The van der Waals surface area contributed by atoms with Crippen LogP contribution in [0.4, 0.5) is 5.82 Å². The van der Waals surface area contributed by atoms with Crippen molar-refractivity contribution in [2.45, 2.75) is 33.2 Å². The summed E-state index contributed by atoms with van der Waals surface area (Å²) in [5.41, 5.74) is 0. The Labute approximate surface area is 110 Å². The maximum atomic E-state index is 5.50. The minimum Gasteiger partial charge on any atom is -0.478 e. The van der Waals surface area contributed by atoms with Crippen LogP contribution in [-0.2, 0) is 0 Å². The molecule has 0 radical (unpaired) electrons. The molecule has 1 rings (SSSR count). The first-order valence-corrected chi connectivity index (χ1v) is 6.52. The van der Waals surface area contributed by atoms with Crippen LogP contribution in [0, 0.1) is 0 Å². The van der Waals surface area contributed by atoms with Crippen LogP contribution in [0.15, 0.2) is 12.4 Å². The van der Waals surface area contributed by atoms with Crippen molar-refractivity contribution in [3.8, 4) is 5.88 Å². The van der Waals surface area contributed by atoms with Gasteiger partial charge in [0.2, 0.25) is 5.88 Å². The highest BCUT2D eigenvalue weighted by Crippen LogP contribution is 2.14. The average molecular weight is 252 g/mol. The van der Waals surface area contributed by atoms with Crippen molar-refractivity contribution < 1.29 is 4.74 Å². The summed E-state index contributed by atoms with van der Waals surface area (Å²) in [5.74, 6) is 1.53. The van der Waals surface area contributed by atoms with Crippen LogP contribution >= 0.6 is 0 Å². The normalized spacial score (nSPS) is 10.7. The van der Waals surface area contributed by atoms with E-state index in [1.54, 1.807) is 6.33 Å². The Kier molecular flexibility index (Phi) is 6.43. The number of likely N-dealkylation sites (N-methyl/N-ethyl adjacent to an activating group) is 1. The number of rotatable bonds is 8. The molecular formula is C13H24N4O. The molecule has 1 N–H and O–H groups in total. The zero-order valence-electron chi connectivity index (χ0n) is 11.8. The van der Waals surface area contributed by atoms with Gasteiger partial charge >= 0.3 is 0 Å². The number of hydrogen-bond acceptors (Lipinski definition) is 5. The minimum absolute atomic E-state index is 0.507. The highest BCUT2D eigenvalue weighted by atomic mass is 16.5. The first-order valence-electron chi connectivity index (χ1n) is 6.52. The van der Waals surface area contributed by atoms with E-state index in [0.29, 0.717) is 18.5 Å². The van der Waals surface area contributed by atoms with Gasteiger partial charge in [0, 0.05) is 32.2 Å². The van der Waals surface area contributed by atoms with Gasteiger partial charge in [-0.1, -0.05) is 20.8 Å². The quantitative estimate of drug-likeness (QED) is 0.763. The lowest BCUT2D eigenvalue weighted by Crippen LogP contribution is -2.33. The monoisotopic (exact) mass is 252 g/mol. The zero-order valence-corrected chi connectivity index (χ0v) is 11.8. The summed E-state index contributed by atoms with van der Waals surface area (Å²) in [6.45, 7) is 8.88. The summed E-state index contributed by atoms with van der Waals surface area (Å²) < 4.78 is 5.50. The fraction of sp³-hybridized carbons (Fsp3) is 0.692. The largest absolute Gasteiger partial charge is 0.478 e. The van der Waals surface area contributed by atoms with E-state index in [1.807, 2.05) is 13.1 Å². The first kappa shape index (κ1) is 14.7. The van der Waals surface area contributed by atoms with E-state index >= 15 is 0 Å². The van der Waals surface area contributed by atoms with E-state index < -0.39 is 0 Å². The van der Waals surface area contributed by atoms with Gasteiger partial charge < -0.3 is 15.0 Å². The Morgan fingerprint density at radius 1 is 1.39 bits per heavy atom. The summed E-state index contributed by atoms with van der Waals surface area (Å²) in [6, 6.07) is 2.39. The molecule has 0 aliphatic rings. The molecule has 0 aromatic carbocycles. The third-order valence-corrected chi connectivity index (χ3v) is 2.47. The molecule has 0 bridgehead atoms. The van der Waals surface area contributed by atoms with E-state index in [2.05, 4.69) is 41.0 Å². The van der Waals surface area contributed by atoms with E-state index in [9.17, 15) is 0 Å². The Balaban J connectivity index is 2.48. The summed E-state index contributed by atoms with van der Waals surface area (Å²) in [6.07, 6.45) is 2.53. The predicted molar refractivity (Wildman–Crippen MR) is 74.2 cm³/mol. The van der Waals surface area contributed by atoms with Gasteiger partial charge in [0.1, 0.15) is 12.1 Å². The summed E-state index contributed by atoms with van der Waals surface area (Å²) >= 11 is 0. The molecule has 5 heteroatoms. The SMILES string of the molecule is CCCOc1cc(N(C)CCNC(C)C)ncn1. The summed E-state index contributed by atoms with van der Waals surface area (Å²) in [4.78, 5) is 10.4. The standard InChI is InChI=1S/C13H24N4O/c1-5-8-18-13-9-12(15-10-16-13)17(4)7-6-14-11(2)3/h9-11,14H,5-8H2,1-4H3. The molecule has 0 unspecified atom stereocenters. The third kappa shape index (κ3) is 5.31. The van der Waals surface area contributed by atoms with Gasteiger partial charge in [0.25, 0.3) is 0 Å². The second-order valence-electron chi connectivity index (χ2n) is 4.59. The molecule has 0 atom stereocenters. The summed E-state index contributed by atoms with van der Waals surface area (Å²) in [5, 5.41) is 3.38. The van der Waals surface area contributed by atoms with Crippen LogP contribution < -0.4 is 15.0 Å². The second-order valence-corrected chi connectivity index (χ2v) is 4.59. The molecular weight excluding hydrogens is 228 g/mol. The summed E-state index contributed by atoms with van der Waals surface area (Å²) in [7, 11) is 2.02. The van der Waals surface area contributed by atoms with Crippen LogP contribution in [0.25, 0.3) is 0 Å². The molecule has 5 nitrogen and oxygen atoms in total. The molecule has 1 aromatic rings. The average Bonchev–Trinajstić information content (AvgIpc) is 2.36. The Morgan fingerprint density at radius 3 is 2.83 bits per heavy atom. The number of nitrogens with zero attached hydrogens (tertiary/aromatic N) is 3. The molecule has 0 saturated carbocycles. The molecule has 102 valence electrons. The lowest BCUT2D eigenvalue weighted by atomic mass is 10.4. The smallest absolute Gasteiger partial charge is 0.218 e. The maximum absolute atomic E-state index is 5.50. The fourth-order valence-corrected chi connectivity index (χ4v) is 1.46. The number of aromatic nitrogens is 2. The number of hydrogen-bond donors (Lipinski definition) is 1. The van der Waals surface area contributed by atoms with Gasteiger partial charge in [-0.05, 0) is 6.42 Å². The fourth-order valence-electron chi connectivity index (χ4n) is 1.46. The van der Waals surface area contributed by atoms with Crippen molar-refractivity contribution in [2.75, 3.05) is 31.6 Å². The van der Waals surface area contributed by atoms with E-state index in [-0.39, 0.29) is 0 Å². The molecule has 0 saturated heterocycles. The molecule has 0 spiro atoms. The van der Waals surface area contributed by atoms with Crippen LogP contribution in [-0.4, -0.2) is 42.8 Å². The maximum Gasteiger partial charge on any atom is 0.218 e. The van der Waals surface area contributed by atoms with Gasteiger partial charge in [0.15, 0.2) is 0 Å². The zero-order chi connectivity index (χ0) is 13.4. The van der Waals surface area contributed by atoms with Gasteiger partial charge in [-0.15, -0.1) is 0 Å². The molecule has 18 heavy (non-hydrogen) atoms. The van der Waals surface area contributed by atoms with Gasteiger partial charge in [-0.25, -0.2) is 9.97 Å². The van der Waals surface area contributed by atoms with E-state index in [1.165, 1.54) is 0 Å². The van der Waals surface area contributed by atoms with Crippen LogP contribution in [0.3, 0.4) is 0 Å². The van der Waals surface area contributed by atoms with Crippen molar-refractivity contribution >= 4 is 5.82 Å². The van der Waals surface area contributed by atoms with Crippen LogP contribution in [0.1, 0.15) is 27.2 Å². The van der Waals surface area contributed by atoms with Crippen molar-refractivity contribution in [1.82, 2.24) is 15.3 Å². The lowest BCUT2D eigenvalue weighted by Gasteiger charge is -2.19. The van der Waals surface area contributed by atoms with E-state index in [4.69, 9.17) is 4.74 Å². The molecule has 0 fully saturated rings. The molecule has 1 aromatic heterocycles. The van der Waals surface area contributed by atoms with E-state index in [0.717, 1.165) is 25.3 Å². The number of nitrogens with one attached hydrogen (secondary N) is 1. The lowest BCUT2D eigenvalue weighted by molar-refractivity contribution is 0.304. The highest BCUT2D eigenvalue weighted by Gasteiger charge is 2.05. The Morgan fingerprint density at radius 2 is 2.17 bits per heavy atom. The molecule has 1 heterocycles. The van der Waals surface area contributed by atoms with Crippen molar-refractivity contribution in [3.05, 3.63) is 12.4 Å². The van der Waals surface area contributed by atoms with Crippen molar-refractivity contribution in [1.29, 1.82) is 0 Å². The topological polar surface area (TPSA) is 50.3 Å². The Hall–Kier alpha value is -1.36. The Bertz CT molecular complexity index is 344. The third-order valence-electron chi connectivity index (χ3n) is 2.47. The van der Waals surface area contributed by atoms with Gasteiger partial charge in [-0.3, -0.25) is 0 Å². The van der Waals surface area contributed by atoms with Crippen LogP contribution in [0.2, 0.25) is 0 Å². The minimum atomic E-state index is 0.507.